The third kappa shape index (κ3) is 9.06. The van der Waals surface area contributed by atoms with Crippen molar-refractivity contribution < 1.29 is 38.3 Å². The molecule has 4 amide bonds. The van der Waals surface area contributed by atoms with Crippen molar-refractivity contribution in [2.24, 2.45) is 22.4 Å². The summed E-state index contributed by atoms with van der Waals surface area (Å²) in [4.78, 5) is 76.0. The molecule has 52 heavy (non-hydrogen) atoms. The number of carbonyl (C=O) groups excluding carboxylic acids is 5. The number of rotatable bonds is 14. The standard InChI is InChI=1S/C39H57N5O8/c1-8-40-36(48)33(46)27(17-25-14-15-25)41-35(47)29-21-39(20-28(43-52-39)26-16-23(2)30(50-6)19-31(26)51-7)22-44(29)37(49)34(38(3,4)5)42-32(45)18-24-12-10-9-11-13-24/h16,19,24-25,27,29,34H,8-15,17-18,20-22H2,1-7H3,(H,40,48)(H,41,47)(H,42,45)/t27-,29-,34+,39+/m0/s1. The summed E-state index contributed by atoms with van der Waals surface area (Å²) in [6, 6.07) is 0.684. The molecule has 4 aliphatic rings. The molecule has 3 fully saturated rings. The van der Waals surface area contributed by atoms with Crippen LogP contribution >= 0.6 is 0 Å². The molecule has 13 heteroatoms. The number of amides is 4. The summed E-state index contributed by atoms with van der Waals surface area (Å²) in [5.41, 5.74) is 0.434. The van der Waals surface area contributed by atoms with E-state index in [9.17, 15) is 24.0 Å². The van der Waals surface area contributed by atoms with Gasteiger partial charge in [-0.05, 0) is 62.0 Å². The van der Waals surface area contributed by atoms with Crippen LogP contribution in [0.4, 0.5) is 0 Å². The number of Topliss-reactive ketones (excluding diaryl/α,β-unsaturated/α-hetero) is 1. The van der Waals surface area contributed by atoms with Crippen LogP contribution in [0.1, 0.15) is 109 Å². The summed E-state index contributed by atoms with van der Waals surface area (Å²) < 4.78 is 11.2. The van der Waals surface area contributed by atoms with E-state index in [1.165, 1.54) is 11.3 Å². The van der Waals surface area contributed by atoms with E-state index in [2.05, 4.69) is 21.1 Å². The molecule has 2 aliphatic carbocycles. The number of methoxy groups -OCH3 is 2. The van der Waals surface area contributed by atoms with Crippen LogP contribution in [0.5, 0.6) is 11.5 Å². The molecule has 286 valence electrons. The Kier molecular flexibility index (Phi) is 12.2. The first-order chi connectivity index (χ1) is 24.7. The Bertz CT molecular complexity index is 1560. The Labute approximate surface area is 307 Å². The van der Waals surface area contributed by atoms with Gasteiger partial charge in [-0.2, -0.15) is 0 Å². The van der Waals surface area contributed by atoms with Gasteiger partial charge in [-0.3, -0.25) is 24.0 Å². The molecule has 4 atom stereocenters. The maximum atomic E-state index is 14.7. The third-order valence-corrected chi connectivity index (χ3v) is 10.9. The molecule has 0 unspecified atom stereocenters. The van der Waals surface area contributed by atoms with Gasteiger partial charge in [-0.25, -0.2) is 0 Å². The van der Waals surface area contributed by atoms with Crippen LogP contribution in [-0.2, 0) is 28.8 Å². The summed E-state index contributed by atoms with van der Waals surface area (Å²) >= 11 is 0. The molecule has 1 saturated heterocycles. The van der Waals surface area contributed by atoms with Gasteiger partial charge >= 0.3 is 0 Å². The molecule has 2 aliphatic heterocycles. The summed E-state index contributed by atoms with van der Waals surface area (Å²) in [6.07, 6.45) is 8.26. The predicted octanol–water partition coefficient (Wildman–Crippen LogP) is 3.97. The number of oxime groups is 1. The lowest BCUT2D eigenvalue weighted by Gasteiger charge is -2.36. The Balaban J connectivity index is 1.43. The van der Waals surface area contributed by atoms with E-state index < -0.39 is 52.6 Å². The van der Waals surface area contributed by atoms with Crippen molar-refractivity contribution in [1.29, 1.82) is 0 Å². The predicted molar refractivity (Wildman–Crippen MR) is 195 cm³/mol. The van der Waals surface area contributed by atoms with E-state index in [0.717, 1.165) is 44.1 Å². The third-order valence-electron chi connectivity index (χ3n) is 10.9. The summed E-state index contributed by atoms with van der Waals surface area (Å²) in [5.74, 6) is -0.888. The summed E-state index contributed by atoms with van der Waals surface area (Å²) in [7, 11) is 3.15. The molecule has 0 aromatic heterocycles. The number of likely N-dealkylation sites (tertiary alicyclic amines) is 1. The van der Waals surface area contributed by atoms with Crippen LogP contribution in [0.15, 0.2) is 17.3 Å². The van der Waals surface area contributed by atoms with Crippen LogP contribution in [-0.4, -0.2) is 91.1 Å². The van der Waals surface area contributed by atoms with E-state index >= 15 is 0 Å². The number of carbonyl (C=O) groups is 5. The van der Waals surface area contributed by atoms with Crippen LogP contribution in [0.3, 0.4) is 0 Å². The number of hydrogen-bond acceptors (Lipinski definition) is 9. The fraction of sp³-hybridized carbons (Fsp3) is 0.692. The fourth-order valence-electron chi connectivity index (χ4n) is 7.84. The van der Waals surface area contributed by atoms with E-state index in [-0.39, 0.29) is 43.7 Å². The lowest BCUT2D eigenvalue weighted by atomic mass is 9.84. The summed E-state index contributed by atoms with van der Waals surface area (Å²) in [5, 5.41) is 12.9. The van der Waals surface area contributed by atoms with Crippen molar-refractivity contribution in [1.82, 2.24) is 20.9 Å². The Morgan fingerprint density at radius 2 is 1.67 bits per heavy atom. The quantitative estimate of drug-likeness (QED) is 0.243. The van der Waals surface area contributed by atoms with Gasteiger partial charge in [-0.15, -0.1) is 0 Å². The second kappa shape index (κ2) is 16.2. The number of nitrogens with one attached hydrogen (secondary N) is 3. The molecule has 1 spiro atoms. The molecule has 0 bridgehead atoms. The molecule has 2 saturated carbocycles. The highest BCUT2D eigenvalue weighted by Crippen LogP contribution is 2.42. The van der Waals surface area contributed by atoms with Gasteiger partial charge in [0.15, 0.2) is 5.60 Å². The molecule has 1 aromatic rings. The lowest BCUT2D eigenvalue weighted by Crippen LogP contribution is -2.59. The van der Waals surface area contributed by atoms with Crippen molar-refractivity contribution in [3.8, 4) is 11.5 Å². The molecule has 5 rings (SSSR count). The zero-order valence-corrected chi connectivity index (χ0v) is 31.9. The Morgan fingerprint density at radius 1 is 0.981 bits per heavy atom. The first-order valence-electron chi connectivity index (χ1n) is 18.9. The van der Waals surface area contributed by atoms with Crippen LogP contribution in [0.2, 0.25) is 0 Å². The number of nitrogens with zero attached hydrogens (tertiary/aromatic N) is 2. The minimum atomic E-state index is -1.06. The van der Waals surface area contributed by atoms with E-state index in [1.54, 1.807) is 27.2 Å². The number of likely N-dealkylation sites (N-methyl/N-ethyl adjacent to an activating group) is 1. The largest absolute Gasteiger partial charge is 0.496 e. The second-order valence-electron chi connectivity index (χ2n) is 16.2. The van der Waals surface area contributed by atoms with Crippen molar-refractivity contribution in [2.45, 2.75) is 129 Å². The lowest BCUT2D eigenvalue weighted by molar-refractivity contribution is -0.145. The van der Waals surface area contributed by atoms with Gasteiger partial charge in [0.25, 0.3) is 5.91 Å². The Hall–Kier alpha value is -4.16. The molecule has 3 N–H and O–H groups in total. The van der Waals surface area contributed by atoms with Gasteiger partial charge < -0.3 is 35.2 Å². The van der Waals surface area contributed by atoms with Crippen molar-refractivity contribution in [3.63, 3.8) is 0 Å². The zero-order valence-electron chi connectivity index (χ0n) is 31.9. The minimum Gasteiger partial charge on any atom is -0.496 e. The van der Waals surface area contributed by atoms with Crippen LogP contribution < -0.4 is 25.4 Å². The Morgan fingerprint density at radius 3 is 2.29 bits per heavy atom. The van der Waals surface area contributed by atoms with Crippen molar-refractivity contribution >= 4 is 35.1 Å². The zero-order chi connectivity index (χ0) is 37.8. The van der Waals surface area contributed by atoms with Crippen LogP contribution in [0.25, 0.3) is 0 Å². The number of aryl methyl sites for hydroxylation is 1. The molecule has 13 nitrogen and oxygen atoms in total. The highest BCUT2D eigenvalue weighted by Gasteiger charge is 2.56. The number of ether oxygens (including phenoxy) is 2. The van der Waals surface area contributed by atoms with Crippen LogP contribution in [0, 0.1) is 24.2 Å². The van der Waals surface area contributed by atoms with E-state index in [1.807, 2.05) is 33.8 Å². The molecular weight excluding hydrogens is 666 g/mol. The van der Waals surface area contributed by atoms with Gasteiger partial charge in [-0.1, -0.05) is 58.0 Å². The van der Waals surface area contributed by atoms with Gasteiger partial charge in [0.2, 0.25) is 23.5 Å². The maximum Gasteiger partial charge on any atom is 0.289 e. The second-order valence-corrected chi connectivity index (χ2v) is 16.2. The maximum absolute atomic E-state index is 14.7. The highest BCUT2D eigenvalue weighted by atomic mass is 16.7. The van der Waals surface area contributed by atoms with Gasteiger partial charge in [0.05, 0.1) is 32.5 Å². The molecule has 0 radical (unpaired) electrons. The van der Waals surface area contributed by atoms with E-state index in [4.69, 9.17) is 14.3 Å². The summed E-state index contributed by atoms with van der Waals surface area (Å²) in [6.45, 7) is 9.61. The van der Waals surface area contributed by atoms with Crippen molar-refractivity contribution in [2.75, 3.05) is 27.3 Å². The topological polar surface area (TPSA) is 165 Å². The number of benzene rings is 1. The molecule has 2 heterocycles. The average Bonchev–Trinajstić information content (AvgIpc) is 3.71. The molecule has 1 aromatic carbocycles. The first kappa shape index (κ1) is 39.1. The number of hydrogen-bond donors (Lipinski definition) is 3. The average molecular weight is 724 g/mol. The SMILES string of the molecule is CCNC(=O)C(=O)[C@H](CC1CC1)NC(=O)[C@@H]1C[C@]2(CC(c3cc(C)c(OC)cc3OC)=NO2)CN1C(=O)[C@@H](NC(=O)CC1CCCCC1)C(C)(C)C. The highest BCUT2D eigenvalue weighted by molar-refractivity contribution is 6.38. The smallest absolute Gasteiger partial charge is 0.289 e. The van der Waals surface area contributed by atoms with Gasteiger partial charge in [0, 0.05) is 37.4 Å². The molecular formula is C39H57N5O8. The van der Waals surface area contributed by atoms with Gasteiger partial charge in [0.1, 0.15) is 23.6 Å². The van der Waals surface area contributed by atoms with Crippen molar-refractivity contribution in [3.05, 3.63) is 23.3 Å². The first-order valence-corrected chi connectivity index (χ1v) is 18.9. The monoisotopic (exact) mass is 723 g/mol. The van der Waals surface area contributed by atoms with E-state index in [0.29, 0.717) is 35.6 Å². The fourth-order valence-corrected chi connectivity index (χ4v) is 7.84. The number of ketones is 1. The minimum absolute atomic E-state index is 0.0248. The normalized spacial score (nSPS) is 22.9.